The normalized spacial score (nSPS) is 19.0. The van der Waals surface area contributed by atoms with Crippen LogP contribution in [0.15, 0.2) is 18.2 Å². The van der Waals surface area contributed by atoms with Crippen LogP contribution in [0.2, 0.25) is 25.2 Å². The summed E-state index contributed by atoms with van der Waals surface area (Å²) >= 11 is 0. The Morgan fingerprint density at radius 3 is 2.65 bits per heavy atom. The van der Waals surface area contributed by atoms with Crippen molar-refractivity contribution in [1.29, 1.82) is 0 Å². The predicted molar refractivity (Wildman–Crippen MR) is 93.8 cm³/mol. The molecule has 5 heteroatoms. The number of carbonyl (C=O) groups excluding carboxylic acids is 1. The predicted octanol–water partition coefficient (Wildman–Crippen LogP) is 3.68. The highest BCUT2D eigenvalue weighted by Crippen LogP contribution is 2.32. The highest BCUT2D eigenvalue weighted by atomic mass is 28.3. The molecule has 0 bridgehead atoms. The molecule has 4 nitrogen and oxygen atoms in total. The summed E-state index contributed by atoms with van der Waals surface area (Å²) in [5, 5.41) is 0. The molecule has 1 saturated heterocycles. The lowest BCUT2D eigenvalue weighted by Crippen LogP contribution is -2.45. The van der Waals surface area contributed by atoms with E-state index in [1.54, 1.807) is 0 Å². The average molecular weight is 334 g/mol. The van der Waals surface area contributed by atoms with E-state index in [4.69, 9.17) is 9.47 Å². The summed E-state index contributed by atoms with van der Waals surface area (Å²) in [6.45, 7) is 7.16. The van der Waals surface area contributed by atoms with E-state index in [-0.39, 0.29) is 0 Å². The van der Waals surface area contributed by atoms with Crippen LogP contribution in [0, 0.1) is 0 Å². The Kier molecular flexibility index (Phi) is 4.95. The minimum Gasteiger partial charge on any atom is -0.454 e. The van der Waals surface area contributed by atoms with E-state index < -0.39 is 8.07 Å². The van der Waals surface area contributed by atoms with Crippen molar-refractivity contribution in [3.8, 4) is 11.5 Å². The third-order valence-corrected chi connectivity index (χ3v) is 8.17. The van der Waals surface area contributed by atoms with Crippen LogP contribution in [0.25, 0.3) is 0 Å². The fourth-order valence-electron chi connectivity index (χ4n) is 3.22. The molecule has 1 aromatic carbocycles. The first-order valence-corrected chi connectivity index (χ1v) is 12.1. The van der Waals surface area contributed by atoms with Gasteiger partial charge in [0.2, 0.25) is 12.7 Å². The zero-order chi connectivity index (χ0) is 16.3. The van der Waals surface area contributed by atoms with Gasteiger partial charge in [-0.3, -0.25) is 4.79 Å². The summed E-state index contributed by atoms with van der Waals surface area (Å²) < 4.78 is 10.7. The van der Waals surface area contributed by atoms with Crippen LogP contribution in [0.1, 0.15) is 24.8 Å². The molecule has 0 saturated carbocycles. The van der Waals surface area contributed by atoms with Gasteiger partial charge in [0.25, 0.3) is 0 Å². The Balaban J connectivity index is 1.37. The second-order valence-corrected chi connectivity index (χ2v) is 12.8. The fraction of sp³-hybridized carbons (Fsp3) is 0.611. The van der Waals surface area contributed by atoms with Gasteiger partial charge in [0.05, 0.1) is 8.07 Å². The lowest BCUT2D eigenvalue weighted by molar-refractivity contribution is -0.131. The third kappa shape index (κ3) is 4.28. The van der Waals surface area contributed by atoms with Crippen LogP contribution in [0.4, 0.5) is 0 Å². The molecule has 2 aliphatic rings. The SMILES string of the molecule is C[Si]1(C)CCN(C(=O)CCCCc2ccc3c(c2)OCO3)CC1. The van der Waals surface area contributed by atoms with Gasteiger partial charge in [0, 0.05) is 19.5 Å². The van der Waals surface area contributed by atoms with Crippen molar-refractivity contribution in [3.63, 3.8) is 0 Å². The Hall–Kier alpha value is -1.49. The molecule has 0 radical (unpaired) electrons. The third-order valence-electron chi connectivity index (χ3n) is 5.01. The lowest BCUT2D eigenvalue weighted by atomic mass is 10.1. The first-order chi connectivity index (χ1) is 11.0. The summed E-state index contributed by atoms with van der Waals surface area (Å²) in [7, 11) is -0.985. The number of carbonyl (C=O) groups is 1. The van der Waals surface area contributed by atoms with Crippen molar-refractivity contribution in [2.75, 3.05) is 19.9 Å². The molecule has 1 aromatic rings. The van der Waals surface area contributed by atoms with Gasteiger partial charge in [0.1, 0.15) is 0 Å². The Labute approximate surface area is 139 Å². The summed E-state index contributed by atoms with van der Waals surface area (Å²) in [4.78, 5) is 14.4. The van der Waals surface area contributed by atoms with Gasteiger partial charge in [-0.1, -0.05) is 19.2 Å². The molecule has 2 aliphatic heterocycles. The van der Waals surface area contributed by atoms with Crippen molar-refractivity contribution < 1.29 is 14.3 Å². The highest BCUT2D eigenvalue weighted by molar-refractivity contribution is 6.77. The fourth-order valence-corrected chi connectivity index (χ4v) is 5.22. The average Bonchev–Trinajstić information content (AvgIpc) is 2.99. The van der Waals surface area contributed by atoms with Crippen molar-refractivity contribution in [1.82, 2.24) is 4.90 Å². The molecule has 0 spiro atoms. The zero-order valence-corrected chi connectivity index (χ0v) is 15.3. The van der Waals surface area contributed by atoms with Gasteiger partial charge in [0.15, 0.2) is 11.5 Å². The van der Waals surface area contributed by atoms with Crippen molar-refractivity contribution >= 4 is 14.0 Å². The van der Waals surface area contributed by atoms with Gasteiger partial charge >= 0.3 is 0 Å². The zero-order valence-electron chi connectivity index (χ0n) is 14.3. The number of ether oxygens (including phenoxy) is 2. The maximum Gasteiger partial charge on any atom is 0.231 e. The van der Waals surface area contributed by atoms with E-state index in [9.17, 15) is 4.79 Å². The van der Waals surface area contributed by atoms with E-state index >= 15 is 0 Å². The van der Waals surface area contributed by atoms with E-state index in [0.29, 0.717) is 19.1 Å². The molecule has 0 unspecified atom stereocenters. The highest BCUT2D eigenvalue weighted by Gasteiger charge is 2.28. The van der Waals surface area contributed by atoms with E-state index in [0.717, 1.165) is 43.9 Å². The van der Waals surface area contributed by atoms with Crippen LogP contribution in [0.5, 0.6) is 11.5 Å². The lowest BCUT2D eigenvalue weighted by Gasteiger charge is -2.35. The number of hydrogen-bond donors (Lipinski definition) is 0. The van der Waals surface area contributed by atoms with Crippen LogP contribution < -0.4 is 9.47 Å². The van der Waals surface area contributed by atoms with Gasteiger partial charge in [-0.15, -0.1) is 0 Å². The molecule has 0 N–H and O–H groups in total. The summed E-state index contributed by atoms with van der Waals surface area (Å²) in [6.07, 6.45) is 3.68. The number of hydrogen-bond acceptors (Lipinski definition) is 3. The van der Waals surface area contributed by atoms with Crippen LogP contribution in [0.3, 0.4) is 0 Å². The minimum atomic E-state index is -0.985. The van der Waals surface area contributed by atoms with Crippen LogP contribution in [-0.2, 0) is 11.2 Å². The Bertz CT molecular complexity index is 563. The van der Waals surface area contributed by atoms with Crippen molar-refractivity contribution in [2.45, 2.75) is 50.9 Å². The van der Waals surface area contributed by atoms with Gasteiger partial charge in [-0.05, 0) is 49.0 Å². The first kappa shape index (κ1) is 16.4. The monoisotopic (exact) mass is 333 g/mol. The summed E-state index contributed by atoms with van der Waals surface area (Å²) in [5.41, 5.74) is 1.26. The second kappa shape index (κ2) is 6.95. The molecule has 23 heavy (non-hydrogen) atoms. The maximum absolute atomic E-state index is 12.3. The number of amides is 1. The van der Waals surface area contributed by atoms with E-state index in [1.165, 1.54) is 17.7 Å². The van der Waals surface area contributed by atoms with Crippen molar-refractivity contribution in [3.05, 3.63) is 23.8 Å². The standard InChI is InChI=1S/C18H27NO3Si/c1-23(2)11-9-19(10-12-23)18(20)6-4-3-5-15-7-8-16-17(13-15)22-14-21-16/h7-8,13H,3-6,9-12,14H2,1-2H3. The van der Waals surface area contributed by atoms with Crippen LogP contribution >= 0.6 is 0 Å². The molecule has 0 atom stereocenters. The molecule has 2 heterocycles. The number of rotatable bonds is 5. The number of benzene rings is 1. The smallest absolute Gasteiger partial charge is 0.231 e. The largest absolute Gasteiger partial charge is 0.454 e. The quantitative estimate of drug-likeness (QED) is 0.609. The number of fused-ring (bicyclic) bond motifs is 1. The number of unbranched alkanes of at least 4 members (excludes halogenated alkanes) is 1. The summed E-state index contributed by atoms with van der Waals surface area (Å²) in [5.74, 6) is 2.03. The molecule has 3 rings (SSSR count). The molecule has 126 valence electrons. The van der Waals surface area contributed by atoms with Gasteiger partial charge in [-0.2, -0.15) is 0 Å². The maximum atomic E-state index is 12.3. The molecule has 1 fully saturated rings. The minimum absolute atomic E-state index is 0.322. The number of nitrogens with zero attached hydrogens (tertiary/aromatic N) is 1. The Morgan fingerprint density at radius 1 is 1.13 bits per heavy atom. The van der Waals surface area contributed by atoms with E-state index in [2.05, 4.69) is 30.1 Å². The molecular formula is C18H27NO3Si. The summed E-state index contributed by atoms with van der Waals surface area (Å²) in [6, 6.07) is 8.64. The molecule has 0 aliphatic carbocycles. The van der Waals surface area contributed by atoms with Gasteiger partial charge in [-0.25, -0.2) is 0 Å². The molecule has 1 amide bonds. The molecular weight excluding hydrogens is 306 g/mol. The topological polar surface area (TPSA) is 38.8 Å². The second-order valence-electron chi connectivity index (χ2n) is 7.44. The number of aryl methyl sites for hydroxylation is 1. The van der Waals surface area contributed by atoms with Crippen LogP contribution in [-0.4, -0.2) is 38.8 Å². The van der Waals surface area contributed by atoms with E-state index in [1.807, 2.05) is 6.07 Å². The first-order valence-electron chi connectivity index (χ1n) is 8.70. The Morgan fingerprint density at radius 2 is 1.87 bits per heavy atom. The molecule has 0 aromatic heterocycles. The van der Waals surface area contributed by atoms with Gasteiger partial charge < -0.3 is 14.4 Å². The van der Waals surface area contributed by atoms with Crippen molar-refractivity contribution in [2.24, 2.45) is 0 Å².